The molecular weight excluding hydrogens is 378 g/mol. The highest BCUT2D eigenvalue weighted by molar-refractivity contribution is 7.12. The summed E-state index contributed by atoms with van der Waals surface area (Å²) in [7, 11) is 0. The van der Waals surface area contributed by atoms with Crippen LogP contribution in [0.2, 0.25) is 0 Å². The third kappa shape index (κ3) is 6.87. The van der Waals surface area contributed by atoms with Gasteiger partial charge in [-0.15, -0.1) is 11.3 Å². The molecule has 1 amide bonds. The summed E-state index contributed by atoms with van der Waals surface area (Å²) in [6.45, 7) is 7.59. The third-order valence-electron chi connectivity index (χ3n) is 4.85. The molecule has 0 aliphatic carbocycles. The van der Waals surface area contributed by atoms with E-state index in [2.05, 4.69) is 24.1 Å². The molecule has 2 rings (SSSR count). The van der Waals surface area contributed by atoms with Crippen LogP contribution < -0.4 is 5.32 Å². The maximum atomic E-state index is 12.9. The zero-order chi connectivity index (χ0) is 21.3. The molecule has 2 aromatic rings. The lowest BCUT2D eigenvalue weighted by Gasteiger charge is -2.24. The van der Waals surface area contributed by atoms with E-state index in [-0.39, 0.29) is 11.7 Å². The Bertz CT molecular complexity index is 882. The lowest BCUT2D eigenvalue weighted by molar-refractivity contribution is 0.0800. The van der Waals surface area contributed by atoms with Crippen LogP contribution >= 0.6 is 11.3 Å². The van der Waals surface area contributed by atoms with Crippen molar-refractivity contribution in [3.8, 4) is 11.8 Å². The first-order chi connectivity index (χ1) is 13.8. The molecule has 0 unspecified atom stereocenters. The first kappa shape index (κ1) is 22.9. The number of unbranched alkanes of at least 4 members (excludes halogenated alkanes) is 5. The molecule has 0 spiro atoms. The Balaban J connectivity index is 1.93. The molecular formula is C25H31NO2S. The predicted octanol–water partition coefficient (Wildman–Crippen LogP) is 6.16. The van der Waals surface area contributed by atoms with E-state index in [1.807, 2.05) is 30.5 Å². The van der Waals surface area contributed by atoms with E-state index in [0.717, 1.165) is 24.0 Å². The van der Waals surface area contributed by atoms with Gasteiger partial charge in [0.25, 0.3) is 5.91 Å². The van der Waals surface area contributed by atoms with Crippen LogP contribution in [0.5, 0.6) is 0 Å². The Labute approximate surface area is 178 Å². The first-order valence-electron chi connectivity index (χ1n) is 10.4. The minimum Gasteiger partial charge on any atom is -0.339 e. The maximum Gasteiger partial charge on any atom is 0.262 e. The van der Waals surface area contributed by atoms with Gasteiger partial charge in [-0.1, -0.05) is 56.6 Å². The van der Waals surface area contributed by atoms with Crippen LogP contribution in [0.4, 0.5) is 0 Å². The highest BCUT2D eigenvalue weighted by Crippen LogP contribution is 2.19. The summed E-state index contributed by atoms with van der Waals surface area (Å²) >= 11 is 1.38. The summed E-state index contributed by atoms with van der Waals surface area (Å²) in [6.07, 6.45) is 7.12. The van der Waals surface area contributed by atoms with E-state index >= 15 is 0 Å². The van der Waals surface area contributed by atoms with Crippen LogP contribution in [0.3, 0.4) is 0 Å². The van der Waals surface area contributed by atoms with Crippen molar-refractivity contribution >= 4 is 23.0 Å². The maximum absolute atomic E-state index is 12.9. The molecule has 0 bridgehead atoms. The summed E-state index contributed by atoms with van der Waals surface area (Å²) in [6, 6.07) is 9.23. The third-order valence-corrected chi connectivity index (χ3v) is 5.86. The molecule has 0 aliphatic rings. The number of carbonyl (C=O) groups excluding carboxylic acids is 2. The van der Waals surface area contributed by atoms with Gasteiger partial charge in [-0.05, 0) is 56.3 Å². The second kappa shape index (κ2) is 11.0. The number of nitrogens with one attached hydrogen (secondary N) is 1. The second-order valence-electron chi connectivity index (χ2n) is 7.88. The van der Waals surface area contributed by atoms with E-state index in [1.54, 1.807) is 26.0 Å². The number of hydrogen-bond acceptors (Lipinski definition) is 3. The molecule has 0 fully saturated rings. The largest absolute Gasteiger partial charge is 0.339 e. The van der Waals surface area contributed by atoms with Gasteiger partial charge >= 0.3 is 0 Å². The molecule has 0 atom stereocenters. The molecule has 1 N–H and O–H groups in total. The average molecular weight is 410 g/mol. The van der Waals surface area contributed by atoms with Gasteiger partial charge in [0.1, 0.15) is 0 Å². The molecule has 0 radical (unpaired) electrons. The van der Waals surface area contributed by atoms with Crippen molar-refractivity contribution in [1.82, 2.24) is 5.32 Å². The minimum absolute atomic E-state index is 0.115. The Morgan fingerprint density at radius 3 is 2.34 bits per heavy atom. The van der Waals surface area contributed by atoms with Gasteiger partial charge in [-0.3, -0.25) is 9.59 Å². The molecule has 0 saturated carbocycles. The summed E-state index contributed by atoms with van der Waals surface area (Å²) in [5, 5.41) is 4.75. The fourth-order valence-electron chi connectivity index (χ4n) is 3.05. The standard InChI is InChI=1S/C25H31NO2S/c1-5-6-7-8-9-10-11-12-20-13-15-21(16-14-20)23(27)25(3,4)26-24(28)22-19(2)17-18-29-22/h13-18H,5-10H2,1-4H3,(H,26,28). The number of aryl methyl sites for hydroxylation is 1. The number of hydrogen-bond donors (Lipinski definition) is 1. The average Bonchev–Trinajstić information content (AvgIpc) is 3.13. The fourth-order valence-corrected chi connectivity index (χ4v) is 3.87. The van der Waals surface area contributed by atoms with Crippen LogP contribution in [-0.4, -0.2) is 17.2 Å². The van der Waals surface area contributed by atoms with E-state index in [9.17, 15) is 9.59 Å². The fraction of sp³-hybridized carbons (Fsp3) is 0.440. The van der Waals surface area contributed by atoms with Crippen molar-refractivity contribution in [1.29, 1.82) is 0 Å². The quantitative estimate of drug-likeness (QED) is 0.306. The molecule has 4 heteroatoms. The van der Waals surface area contributed by atoms with Gasteiger partial charge in [0.05, 0.1) is 10.4 Å². The van der Waals surface area contributed by atoms with Gasteiger partial charge in [-0.2, -0.15) is 0 Å². The number of ketones is 1. The summed E-state index contributed by atoms with van der Waals surface area (Å²) in [4.78, 5) is 26.0. The van der Waals surface area contributed by atoms with E-state index in [0.29, 0.717) is 10.4 Å². The van der Waals surface area contributed by atoms with Gasteiger partial charge in [0.15, 0.2) is 5.78 Å². The van der Waals surface area contributed by atoms with Crippen molar-refractivity contribution in [3.63, 3.8) is 0 Å². The molecule has 1 aromatic heterocycles. The topological polar surface area (TPSA) is 46.2 Å². The number of carbonyl (C=O) groups is 2. The molecule has 1 aromatic carbocycles. The Kier molecular flexibility index (Phi) is 8.67. The summed E-state index contributed by atoms with van der Waals surface area (Å²) in [5.74, 6) is 6.06. The number of benzene rings is 1. The Hall–Kier alpha value is -2.38. The molecule has 1 heterocycles. The number of rotatable bonds is 9. The molecule has 0 saturated heterocycles. The van der Waals surface area contributed by atoms with E-state index < -0.39 is 5.54 Å². The van der Waals surface area contributed by atoms with Gasteiger partial charge in [-0.25, -0.2) is 0 Å². The minimum atomic E-state index is -0.987. The van der Waals surface area contributed by atoms with E-state index in [4.69, 9.17) is 0 Å². The highest BCUT2D eigenvalue weighted by Gasteiger charge is 2.31. The van der Waals surface area contributed by atoms with Crippen molar-refractivity contribution in [2.45, 2.75) is 71.8 Å². The first-order valence-corrected chi connectivity index (χ1v) is 11.2. The molecule has 154 valence electrons. The lowest BCUT2D eigenvalue weighted by Crippen LogP contribution is -2.49. The molecule has 3 nitrogen and oxygen atoms in total. The Morgan fingerprint density at radius 1 is 1.03 bits per heavy atom. The molecule has 29 heavy (non-hydrogen) atoms. The Morgan fingerprint density at radius 2 is 1.72 bits per heavy atom. The predicted molar refractivity (Wildman–Crippen MR) is 122 cm³/mol. The van der Waals surface area contributed by atoms with Crippen LogP contribution in [0.25, 0.3) is 0 Å². The van der Waals surface area contributed by atoms with Crippen LogP contribution in [0.1, 0.15) is 90.5 Å². The van der Waals surface area contributed by atoms with Crippen molar-refractivity contribution < 1.29 is 9.59 Å². The van der Waals surface area contributed by atoms with Crippen molar-refractivity contribution in [3.05, 3.63) is 57.3 Å². The summed E-state index contributed by atoms with van der Waals surface area (Å²) < 4.78 is 0. The van der Waals surface area contributed by atoms with E-state index in [1.165, 1.54) is 37.0 Å². The monoisotopic (exact) mass is 409 g/mol. The van der Waals surface area contributed by atoms with Gasteiger partial charge in [0, 0.05) is 17.5 Å². The zero-order valence-corrected chi connectivity index (χ0v) is 18.7. The van der Waals surface area contributed by atoms with Gasteiger partial charge in [0.2, 0.25) is 0 Å². The van der Waals surface area contributed by atoms with Crippen LogP contribution in [0.15, 0.2) is 35.7 Å². The van der Waals surface area contributed by atoms with Crippen molar-refractivity contribution in [2.24, 2.45) is 0 Å². The number of Topliss-reactive ketones (excluding diaryl/α,β-unsaturated/α-hetero) is 1. The normalized spacial score (nSPS) is 10.9. The number of thiophene rings is 1. The lowest BCUT2D eigenvalue weighted by atomic mass is 9.92. The van der Waals surface area contributed by atoms with Crippen molar-refractivity contribution in [2.75, 3.05) is 0 Å². The zero-order valence-electron chi connectivity index (χ0n) is 17.9. The second-order valence-corrected chi connectivity index (χ2v) is 8.80. The smallest absolute Gasteiger partial charge is 0.262 e. The SMILES string of the molecule is CCCCCCCC#Cc1ccc(C(=O)C(C)(C)NC(=O)c2sccc2C)cc1. The van der Waals surface area contributed by atoms with Gasteiger partial charge < -0.3 is 5.32 Å². The highest BCUT2D eigenvalue weighted by atomic mass is 32.1. The number of amides is 1. The van der Waals surface area contributed by atoms with Crippen LogP contribution in [0, 0.1) is 18.8 Å². The molecule has 0 aliphatic heterocycles. The van der Waals surface area contributed by atoms with Crippen LogP contribution in [-0.2, 0) is 0 Å². The summed E-state index contributed by atoms with van der Waals surface area (Å²) in [5.41, 5.74) is 1.41.